The van der Waals surface area contributed by atoms with Crippen LogP contribution in [0.15, 0.2) is 5.10 Å². The molecule has 1 unspecified atom stereocenters. The predicted octanol–water partition coefficient (Wildman–Crippen LogP) is 0.731. The third-order valence-electron chi connectivity index (χ3n) is 2.06. The second-order valence-corrected chi connectivity index (χ2v) is 5.53. The molecule has 0 bridgehead atoms. The highest BCUT2D eigenvalue weighted by Gasteiger charge is 2.32. The van der Waals surface area contributed by atoms with Crippen LogP contribution in [-0.2, 0) is 4.79 Å². The van der Waals surface area contributed by atoms with Crippen molar-refractivity contribution >= 4 is 22.8 Å². The number of hydrogen-bond donors (Lipinski definition) is 2. The highest BCUT2D eigenvalue weighted by Crippen LogP contribution is 2.23. The highest BCUT2D eigenvalue weighted by atomic mass is 32.2. The van der Waals surface area contributed by atoms with Crippen molar-refractivity contribution in [3.05, 3.63) is 0 Å². The van der Waals surface area contributed by atoms with Crippen molar-refractivity contribution in [3.63, 3.8) is 0 Å². The molecule has 1 atom stereocenters. The molecule has 0 saturated carbocycles. The van der Waals surface area contributed by atoms with Crippen molar-refractivity contribution in [2.75, 3.05) is 6.26 Å². The van der Waals surface area contributed by atoms with Gasteiger partial charge in [-0.1, -0.05) is 32.5 Å². The van der Waals surface area contributed by atoms with Gasteiger partial charge in [-0.15, -0.1) is 0 Å². The smallest absolute Gasteiger partial charge is 0.267 e. The van der Waals surface area contributed by atoms with Crippen LogP contribution in [-0.4, -0.2) is 28.4 Å². The predicted molar refractivity (Wildman–Crippen MR) is 63.0 cm³/mol. The van der Waals surface area contributed by atoms with Crippen LogP contribution < -0.4 is 11.3 Å². The third kappa shape index (κ3) is 3.10. The van der Waals surface area contributed by atoms with Crippen LogP contribution in [0.5, 0.6) is 0 Å². The van der Waals surface area contributed by atoms with Gasteiger partial charge in [-0.25, -0.2) is 10.9 Å². The molecular weight excluding hydrogens is 212 g/mol. The molecule has 6 heteroatoms. The molecule has 1 amide bonds. The SMILES string of the molecule is CSC1=NNC(CC(C)(C)C)C(=O)N1N. The zero-order valence-corrected chi connectivity index (χ0v) is 10.4. The summed E-state index contributed by atoms with van der Waals surface area (Å²) in [5, 5.41) is 5.68. The summed E-state index contributed by atoms with van der Waals surface area (Å²) in [7, 11) is 0. The average molecular weight is 230 g/mol. The molecule has 86 valence electrons. The summed E-state index contributed by atoms with van der Waals surface area (Å²) in [6, 6.07) is -0.314. The van der Waals surface area contributed by atoms with Gasteiger partial charge in [-0.05, 0) is 18.1 Å². The van der Waals surface area contributed by atoms with Crippen molar-refractivity contribution in [3.8, 4) is 0 Å². The molecule has 0 aliphatic carbocycles. The largest absolute Gasteiger partial charge is 0.295 e. The Bertz CT molecular complexity index is 284. The first-order valence-corrected chi connectivity index (χ1v) is 6.03. The summed E-state index contributed by atoms with van der Waals surface area (Å²) >= 11 is 1.35. The first-order chi connectivity index (χ1) is 6.85. The molecule has 0 spiro atoms. The first kappa shape index (κ1) is 12.3. The zero-order valence-electron chi connectivity index (χ0n) is 9.57. The van der Waals surface area contributed by atoms with Crippen molar-refractivity contribution in [2.24, 2.45) is 16.4 Å². The molecule has 1 aliphatic heterocycles. The maximum Gasteiger partial charge on any atom is 0.267 e. The molecule has 0 radical (unpaired) electrons. The van der Waals surface area contributed by atoms with E-state index in [1.807, 2.05) is 6.26 Å². The third-order valence-corrected chi connectivity index (χ3v) is 2.71. The molecule has 0 fully saturated rings. The van der Waals surface area contributed by atoms with Crippen LogP contribution in [0.1, 0.15) is 27.2 Å². The fraction of sp³-hybridized carbons (Fsp3) is 0.778. The Morgan fingerprint density at radius 1 is 1.60 bits per heavy atom. The monoisotopic (exact) mass is 230 g/mol. The van der Waals surface area contributed by atoms with Crippen molar-refractivity contribution in [1.82, 2.24) is 10.4 Å². The highest BCUT2D eigenvalue weighted by molar-refractivity contribution is 8.13. The van der Waals surface area contributed by atoms with Crippen LogP contribution >= 0.6 is 11.8 Å². The van der Waals surface area contributed by atoms with Gasteiger partial charge in [-0.2, -0.15) is 5.10 Å². The summed E-state index contributed by atoms with van der Waals surface area (Å²) in [5.74, 6) is 5.51. The van der Waals surface area contributed by atoms with Crippen molar-refractivity contribution < 1.29 is 4.79 Å². The normalized spacial score (nSPS) is 22.5. The fourth-order valence-electron chi connectivity index (χ4n) is 1.39. The molecule has 3 N–H and O–H groups in total. The molecule has 0 saturated heterocycles. The zero-order chi connectivity index (χ0) is 11.6. The van der Waals surface area contributed by atoms with E-state index in [-0.39, 0.29) is 17.4 Å². The number of nitrogens with zero attached hydrogens (tertiary/aromatic N) is 2. The topological polar surface area (TPSA) is 70.7 Å². The van der Waals surface area contributed by atoms with E-state index in [9.17, 15) is 4.79 Å². The Hall–Kier alpha value is -0.750. The van der Waals surface area contributed by atoms with E-state index in [4.69, 9.17) is 5.84 Å². The van der Waals surface area contributed by atoms with E-state index in [1.165, 1.54) is 11.8 Å². The fourth-order valence-corrected chi connectivity index (χ4v) is 1.82. The van der Waals surface area contributed by atoms with Gasteiger partial charge in [0.15, 0.2) is 0 Å². The summed E-state index contributed by atoms with van der Waals surface area (Å²) in [6.45, 7) is 6.24. The summed E-state index contributed by atoms with van der Waals surface area (Å²) < 4.78 is 0. The summed E-state index contributed by atoms with van der Waals surface area (Å²) in [6.07, 6.45) is 2.54. The van der Waals surface area contributed by atoms with Crippen LogP contribution in [0.3, 0.4) is 0 Å². The molecular formula is C9H18N4OS. The Labute approximate surface area is 94.4 Å². The van der Waals surface area contributed by atoms with Crippen LogP contribution in [0.25, 0.3) is 0 Å². The Morgan fingerprint density at radius 2 is 2.20 bits per heavy atom. The maximum atomic E-state index is 11.8. The van der Waals surface area contributed by atoms with E-state index >= 15 is 0 Å². The average Bonchev–Trinajstić information content (AvgIpc) is 2.11. The molecule has 0 aromatic rings. The van der Waals surface area contributed by atoms with Crippen LogP contribution in [0.4, 0.5) is 0 Å². The van der Waals surface area contributed by atoms with Gasteiger partial charge in [0, 0.05) is 0 Å². The lowest BCUT2D eigenvalue weighted by atomic mass is 9.88. The molecule has 0 aromatic carbocycles. The number of hydrogen-bond acceptors (Lipinski definition) is 5. The van der Waals surface area contributed by atoms with Crippen LogP contribution in [0.2, 0.25) is 0 Å². The second kappa shape index (κ2) is 4.40. The molecule has 15 heavy (non-hydrogen) atoms. The molecule has 1 heterocycles. The van der Waals surface area contributed by atoms with Gasteiger partial charge >= 0.3 is 0 Å². The quantitative estimate of drug-likeness (QED) is 0.514. The standard InChI is InChI=1S/C9H18N4OS/c1-9(2,3)5-6-7(14)13(10)8(15-4)12-11-6/h6,11H,5,10H2,1-4H3. The van der Waals surface area contributed by atoms with Gasteiger partial charge in [-0.3, -0.25) is 10.2 Å². The second-order valence-electron chi connectivity index (χ2n) is 4.75. The minimum atomic E-state index is -0.314. The molecule has 0 aromatic heterocycles. The lowest BCUT2D eigenvalue weighted by molar-refractivity contribution is -0.131. The van der Waals surface area contributed by atoms with Gasteiger partial charge in [0.25, 0.3) is 5.91 Å². The number of thioether (sulfide) groups is 1. The van der Waals surface area contributed by atoms with Gasteiger partial charge in [0.1, 0.15) is 6.04 Å². The first-order valence-electron chi connectivity index (χ1n) is 4.81. The van der Waals surface area contributed by atoms with Crippen LogP contribution in [0, 0.1) is 5.41 Å². The number of rotatable bonds is 1. The molecule has 1 aliphatic rings. The summed E-state index contributed by atoms with van der Waals surface area (Å²) in [5.41, 5.74) is 2.92. The van der Waals surface area contributed by atoms with Gasteiger partial charge < -0.3 is 0 Å². The van der Waals surface area contributed by atoms with E-state index in [2.05, 4.69) is 31.3 Å². The number of amides is 1. The lowest BCUT2D eigenvalue weighted by Gasteiger charge is -2.31. The number of nitrogens with two attached hydrogens (primary N) is 1. The van der Waals surface area contributed by atoms with Gasteiger partial charge in [0.05, 0.1) is 0 Å². The molecule has 1 rings (SSSR count). The number of hydrazine groups is 1. The Kier molecular flexibility index (Phi) is 3.62. The minimum Gasteiger partial charge on any atom is -0.295 e. The van der Waals surface area contributed by atoms with E-state index in [0.717, 1.165) is 5.01 Å². The lowest BCUT2D eigenvalue weighted by Crippen LogP contribution is -2.55. The minimum absolute atomic E-state index is 0.0700. The van der Waals surface area contributed by atoms with E-state index < -0.39 is 0 Å². The molecule has 5 nitrogen and oxygen atoms in total. The van der Waals surface area contributed by atoms with Gasteiger partial charge in [0.2, 0.25) is 5.17 Å². The maximum absolute atomic E-state index is 11.8. The number of carbonyl (C=O) groups excluding carboxylic acids is 1. The summed E-state index contributed by atoms with van der Waals surface area (Å²) in [4.78, 5) is 11.8. The number of nitrogens with one attached hydrogen (secondary N) is 1. The Morgan fingerprint density at radius 3 is 2.67 bits per heavy atom. The number of hydrazone groups is 1. The number of carbonyl (C=O) groups is 1. The van der Waals surface area contributed by atoms with Crippen molar-refractivity contribution in [1.29, 1.82) is 0 Å². The number of amidine groups is 1. The van der Waals surface area contributed by atoms with E-state index in [1.54, 1.807) is 0 Å². The Balaban J connectivity index is 2.73. The van der Waals surface area contributed by atoms with Crippen molar-refractivity contribution in [2.45, 2.75) is 33.2 Å². The van der Waals surface area contributed by atoms with E-state index in [0.29, 0.717) is 11.6 Å².